The molecule has 1 aromatic heterocycles. The number of carbonyl (C=O) groups is 2. The lowest BCUT2D eigenvalue weighted by molar-refractivity contribution is -0.121. The summed E-state index contributed by atoms with van der Waals surface area (Å²) in [7, 11) is 0. The fourth-order valence-electron chi connectivity index (χ4n) is 2.58. The van der Waals surface area contributed by atoms with Crippen LogP contribution in [0.4, 0.5) is 0 Å². The molecule has 2 aromatic carbocycles. The molecule has 0 aliphatic heterocycles. The van der Waals surface area contributed by atoms with E-state index in [1.165, 1.54) is 0 Å². The standard InChI is InChI=1S/C21H21N3O3/c1-3-15-9-11-16(12-10-15)20(26)24-23-19(25)13-18-14(2)27-21(22-18)17-7-5-4-6-8-17/h4-12H,3,13H2,1-2H3,(H,23,25)(H,24,26). The smallest absolute Gasteiger partial charge is 0.269 e. The molecule has 0 aliphatic carbocycles. The highest BCUT2D eigenvalue weighted by atomic mass is 16.4. The fourth-order valence-corrected chi connectivity index (χ4v) is 2.58. The van der Waals surface area contributed by atoms with Gasteiger partial charge in [0.1, 0.15) is 5.76 Å². The van der Waals surface area contributed by atoms with Crippen LogP contribution in [0.1, 0.15) is 34.3 Å². The van der Waals surface area contributed by atoms with Crippen LogP contribution in [-0.2, 0) is 17.6 Å². The van der Waals surface area contributed by atoms with Crippen LogP contribution in [0.2, 0.25) is 0 Å². The number of aromatic nitrogens is 1. The molecule has 2 amide bonds. The second kappa shape index (κ2) is 8.31. The van der Waals surface area contributed by atoms with Crippen molar-refractivity contribution >= 4 is 11.8 Å². The molecule has 3 aromatic rings. The highest BCUT2D eigenvalue weighted by Crippen LogP contribution is 2.21. The molecule has 0 bridgehead atoms. The van der Waals surface area contributed by atoms with E-state index >= 15 is 0 Å². The van der Waals surface area contributed by atoms with Gasteiger partial charge < -0.3 is 4.42 Å². The van der Waals surface area contributed by atoms with Crippen LogP contribution < -0.4 is 10.9 Å². The Balaban J connectivity index is 1.57. The first kappa shape index (κ1) is 18.4. The molecule has 0 spiro atoms. The van der Waals surface area contributed by atoms with Gasteiger partial charge in [-0.25, -0.2) is 4.98 Å². The minimum Gasteiger partial charge on any atom is -0.441 e. The van der Waals surface area contributed by atoms with Crippen molar-refractivity contribution in [3.8, 4) is 11.5 Å². The van der Waals surface area contributed by atoms with Gasteiger partial charge in [-0.1, -0.05) is 37.3 Å². The maximum Gasteiger partial charge on any atom is 0.269 e. The first-order valence-electron chi connectivity index (χ1n) is 8.76. The maximum atomic E-state index is 12.1. The van der Waals surface area contributed by atoms with E-state index in [2.05, 4.69) is 15.8 Å². The van der Waals surface area contributed by atoms with Gasteiger partial charge in [0.05, 0.1) is 12.1 Å². The van der Waals surface area contributed by atoms with Crippen molar-refractivity contribution in [2.45, 2.75) is 26.7 Å². The average Bonchev–Trinajstić information content (AvgIpc) is 3.07. The van der Waals surface area contributed by atoms with Crippen molar-refractivity contribution in [1.29, 1.82) is 0 Å². The number of nitrogens with one attached hydrogen (secondary N) is 2. The molecule has 27 heavy (non-hydrogen) atoms. The number of rotatable bonds is 5. The molecular formula is C21H21N3O3. The van der Waals surface area contributed by atoms with E-state index in [9.17, 15) is 9.59 Å². The maximum absolute atomic E-state index is 12.1. The van der Waals surface area contributed by atoms with Crippen LogP contribution in [0.25, 0.3) is 11.5 Å². The van der Waals surface area contributed by atoms with Crippen LogP contribution in [0.3, 0.4) is 0 Å². The molecule has 0 saturated carbocycles. The molecule has 2 N–H and O–H groups in total. The van der Waals surface area contributed by atoms with E-state index in [1.54, 1.807) is 19.1 Å². The lowest BCUT2D eigenvalue weighted by Crippen LogP contribution is -2.42. The Kier molecular flexibility index (Phi) is 5.66. The number of benzene rings is 2. The molecule has 0 aliphatic rings. The Hall–Kier alpha value is -3.41. The van der Waals surface area contributed by atoms with E-state index < -0.39 is 0 Å². The van der Waals surface area contributed by atoms with E-state index in [0.717, 1.165) is 17.5 Å². The summed E-state index contributed by atoms with van der Waals surface area (Å²) < 4.78 is 5.64. The molecule has 6 heteroatoms. The predicted molar refractivity (Wildman–Crippen MR) is 102 cm³/mol. The van der Waals surface area contributed by atoms with Crippen molar-refractivity contribution in [2.24, 2.45) is 0 Å². The Bertz CT molecular complexity index is 931. The Morgan fingerprint density at radius 3 is 2.37 bits per heavy atom. The van der Waals surface area contributed by atoms with E-state index in [0.29, 0.717) is 22.9 Å². The summed E-state index contributed by atoms with van der Waals surface area (Å²) in [6, 6.07) is 16.7. The molecule has 0 fully saturated rings. The first-order valence-corrected chi connectivity index (χ1v) is 8.76. The third-order valence-corrected chi connectivity index (χ3v) is 4.18. The number of carbonyl (C=O) groups excluding carboxylic acids is 2. The van der Waals surface area contributed by atoms with Crippen LogP contribution in [0, 0.1) is 6.92 Å². The number of oxazole rings is 1. The third-order valence-electron chi connectivity index (χ3n) is 4.18. The van der Waals surface area contributed by atoms with Crippen molar-refractivity contribution < 1.29 is 14.0 Å². The highest BCUT2D eigenvalue weighted by molar-refractivity contribution is 5.95. The zero-order valence-electron chi connectivity index (χ0n) is 15.3. The van der Waals surface area contributed by atoms with Gasteiger partial charge in [0.15, 0.2) is 0 Å². The molecule has 0 saturated heterocycles. The summed E-state index contributed by atoms with van der Waals surface area (Å²) in [5, 5.41) is 0. The van der Waals surface area contributed by atoms with Crippen molar-refractivity contribution in [3.05, 3.63) is 77.2 Å². The van der Waals surface area contributed by atoms with Gasteiger partial charge in [0.2, 0.25) is 11.8 Å². The second-order valence-electron chi connectivity index (χ2n) is 6.12. The molecule has 0 radical (unpaired) electrons. The van der Waals surface area contributed by atoms with E-state index in [4.69, 9.17) is 4.42 Å². The van der Waals surface area contributed by atoms with Gasteiger partial charge in [-0.15, -0.1) is 0 Å². The lowest BCUT2D eigenvalue weighted by atomic mass is 10.1. The summed E-state index contributed by atoms with van der Waals surface area (Å²) >= 11 is 0. The highest BCUT2D eigenvalue weighted by Gasteiger charge is 2.15. The van der Waals surface area contributed by atoms with Crippen LogP contribution in [0.5, 0.6) is 0 Å². The average molecular weight is 363 g/mol. The number of hydrogen-bond acceptors (Lipinski definition) is 4. The molecule has 3 rings (SSSR count). The number of aryl methyl sites for hydroxylation is 2. The number of nitrogens with zero attached hydrogens (tertiary/aromatic N) is 1. The number of amides is 2. The molecule has 6 nitrogen and oxygen atoms in total. The van der Waals surface area contributed by atoms with Gasteiger partial charge in [0, 0.05) is 11.1 Å². The molecule has 0 atom stereocenters. The van der Waals surface area contributed by atoms with Crippen molar-refractivity contribution in [1.82, 2.24) is 15.8 Å². The summed E-state index contributed by atoms with van der Waals surface area (Å²) in [6.07, 6.45) is 0.915. The van der Waals surface area contributed by atoms with Gasteiger partial charge in [0.25, 0.3) is 5.91 Å². The number of hydrazine groups is 1. The SMILES string of the molecule is CCc1ccc(C(=O)NNC(=O)Cc2nc(-c3ccccc3)oc2C)cc1. The van der Waals surface area contributed by atoms with Crippen LogP contribution in [0.15, 0.2) is 59.0 Å². The third kappa shape index (κ3) is 4.61. The van der Waals surface area contributed by atoms with E-state index in [1.807, 2.05) is 49.4 Å². The predicted octanol–water partition coefficient (Wildman–Crippen LogP) is 3.22. The number of hydrogen-bond donors (Lipinski definition) is 2. The van der Waals surface area contributed by atoms with Gasteiger partial charge >= 0.3 is 0 Å². The van der Waals surface area contributed by atoms with Crippen LogP contribution in [-0.4, -0.2) is 16.8 Å². The first-order chi connectivity index (χ1) is 13.1. The Labute approximate surface area is 157 Å². The Morgan fingerprint density at radius 2 is 1.70 bits per heavy atom. The largest absolute Gasteiger partial charge is 0.441 e. The fraction of sp³-hybridized carbons (Fsp3) is 0.190. The van der Waals surface area contributed by atoms with E-state index in [-0.39, 0.29) is 18.2 Å². The summed E-state index contributed by atoms with van der Waals surface area (Å²) in [6.45, 7) is 3.81. The Morgan fingerprint density at radius 1 is 1.00 bits per heavy atom. The molecule has 1 heterocycles. The molecule has 0 unspecified atom stereocenters. The van der Waals surface area contributed by atoms with Crippen molar-refractivity contribution in [3.63, 3.8) is 0 Å². The minimum atomic E-state index is -0.371. The van der Waals surface area contributed by atoms with Crippen LogP contribution >= 0.6 is 0 Å². The zero-order valence-corrected chi connectivity index (χ0v) is 15.3. The second-order valence-corrected chi connectivity index (χ2v) is 6.12. The molecular weight excluding hydrogens is 342 g/mol. The zero-order chi connectivity index (χ0) is 19.2. The minimum absolute atomic E-state index is 0.0111. The normalized spacial score (nSPS) is 10.4. The summed E-state index contributed by atoms with van der Waals surface area (Å²) in [4.78, 5) is 28.6. The van der Waals surface area contributed by atoms with Crippen molar-refractivity contribution in [2.75, 3.05) is 0 Å². The quantitative estimate of drug-likeness (QED) is 0.682. The van der Waals surface area contributed by atoms with Gasteiger partial charge in [-0.3, -0.25) is 20.4 Å². The van der Waals surface area contributed by atoms with Gasteiger partial charge in [-0.2, -0.15) is 0 Å². The monoisotopic (exact) mass is 363 g/mol. The molecule has 138 valence electrons. The van der Waals surface area contributed by atoms with Gasteiger partial charge in [-0.05, 0) is 43.2 Å². The summed E-state index contributed by atoms with van der Waals surface area (Å²) in [5.74, 6) is 0.304. The summed E-state index contributed by atoms with van der Waals surface area (Å²) in [5.41, 5.74) is 7.84. The lowest BCUT2D eigenvalue weighted by Gasteiger charge is -2.07. The topological polar surface area (TPSA) is 84.2 Å².